The Kier molecular flexibility index (Phi) is 4.96. The monoisotopic (exact) mass is 364 g/mol. The van der Waals surface area contributed by atoms with Crippen molar-refractivity contribution in [1.29, 1.82) is 0 Å². The number of hydrogen-bond acceptors (Lipinski definition) is 5. The summed E-state index contributed by atoms with van der Waals surface area (Å²) in [6.07, 6.45) is 5.33. The van der Waals surface area contributed by atoms with E-state index >= 15 is 0 Å². The number of thiazole rings is 1. The quantitative estimate of drug-likeness (QED) is 0.618. The Morgan fingerprint density at radius 3 is 3.08 bits per heavy atom. The van der Waals surface area contributed by atoms with Crippen LogP contribution in [0.3, 0.4) is 0 Å². The lowest BCUT2D eigenvalue weighted by Crippen LogP contribution is -2.42. The van der Waals surface area contributed by atoms with Gasteiger partial charge in [-0.05, 0) is 31.0 Å². The first kappa shape index (κ1) is 17.0. The van der Waals surface area contributed by atoms with Crippen LogP contribution in [0.15, 0.2) is 23.8 Å². The molecule has 3 rings (SSSR count). The summed E-state index contributed by atoms with van der Waals surface area (Å²) in [5.41, 5.74) is 0.350. The minimum atomic E-state index is -0.211. The standard InChI is InChI=1S/C16H20N4O2S2/c1-3-6-20-14-13(24-16(20)23)15(22)19(10-17-14)9-12(21)18-7-4-5-11(2)8-18/h3,10-11H,1,4-9H2,2H3. The van der Waals surface area contributed by atoms with E-state index in [1.54, 1.807) is 10.6 Å². The molecular weight excluding hydrogens is 344 g/mol. The highest BCUT2D eigenvalue weighted by molar-refractivity contribution is 7.73. The first-order valence-electron chi connectivity index (χ1n) is 7.98. The number of aromatic nitrogens is 3. The van der Waals surface area contributed by atoms with Crippen LogP contribution in [0.1, 0.15) is 19.8 Å². The number of rotatable bonds is 4. The predicted octanol–water partition coefficient (Wildman–Crippen LogP) is 2.43. The van der Waals surface area contributed by atoms with Crippen molar-refractivity contribution in [3.8, 4) is 0 Å². The zero-order chi connectivity index (χ0) is 17.3. The second-order valence-electron chi connectivity index (χ2n) is 6.18. The summed E-state index contributed by atoms with van der Waals surface area (Å²) in [5.74, 6) is 0.483. The van der Waals surface area contributed by atoms with Gasteiger partial charge in [-0.2, -0.15) is 0 Å². The summed E-state index contributed by atoms with van der Waals surface area (Å²) >= 11 is 6.53. The number of carbonyl (C=O) groups excluding carboxylic acids is 1. The molecular formula is C16H20N4O2S2. The number of amides is 1. The van der Waals surface area contributed by atoms with E-state index in [0.29, 0.717) is 26.8 Å². The Bertz CT molecular complexity index is 896. The predicted molar refractivity (Wildman–Crippen MR) is 97.9 cm³/mol. The zero-order valence-corrected chi connectivity index (χ0v) is 15.2. The molecule has 128 valence electrons. The SMILES string of the molecule is C=CCn1c(=S)sc2c(=O)n(CC(=O)N3CCCC(C)C3)cnc21. The molecule has 3 heterocycles. The number of likely N-dealkylation sites (tertiary alicyclic amines) is 1. The molecule has 1 aliphatic rings. The summed E-state index contributed by atoms with van der Waals surface area (Å²) in [5, 5.41) is 0. The Labute approximate surface area is 149 Å². The van der Waals surface area contributed by atoms with Gasteiger partial charge in [-0.3, -0.25) is 14.2 Å². The number of hydrogen-bond donors (Lipinski definition) is 0. The van der Waals surface area contributed by atoms with Crippen LogP contribution in [0, 0.1) is 9.87 Å². The molecule has 24 heavy (non-hydrogen) atoms. The fourth-order valence-electron chi connectivity index (χ4n) is 3.04. The first-order valence-corrected chi connectivity index (χ1v) is 9.21. The van der Waals surface area contributed by atoms with Gasteiger partial charge in [0.1, 0.15) is 17.6 Å². The van der Waals surface area contributed by atoms with Crippen LogP contribution in [0.2, 0.25) is 0 Å². The number of fused-ring (bicyclic) bond motifs is 1. The number of carbonyl (C=O) groups is 1. The normalized spacial score (nSPS) is 18.0. The van der Waals surface area contributed by atoms with Crippen LogP contribution in [0.5, 0.6) is 0 Å². The molecule has 8 heteroatoms. The molecule has 1 saturated heterocycles. The van der Waals surface area contributed by atoms with Gasteiger partial charge in [0.15, 0.2) is 9.60 Å². The van der Waals surface area contributed by atoms with E-state index in [2.05, 4.69) is 18.5 Å². The molecule has 0 spiro atoms. The first-order chi connectivity index (χ1) is 11.5. The van der Waals surface area contributed by atoms with E-state index in [-0.39, 0.29) is 18.0 Å². The second-order valence-corrected chi connectivity index (χ2v) is 7.83. The van der Waals surface area contributed by atoms with Gasteiger partial charge in [-0.15, -0.1) is 6.58 Å². The lowest BCUT2D eigenvalue weighted by Gasteiger charge is -2.31. The maximum absolute atomic E-state index is 12.7. The molecule has 0 aromatic carbocycles. The Morgan fingerprint density at radius 1 is 1.58 bits per heavy atom. The largest absolute Gasteiger partial charge is 0.341 e. The lowest BCUT2D eigenvalue weighted by molar-refractivity contribution is -0.133. The smallest absolute Gasteiger partial charge is 0.273 e. The second kappa shape index (κ2) is 6.98. The van der Waals surface area contributed by atoms with E-state index in [4.69, 9.17) is 12.2 Å². The molecule has 1 atom stereocenters. The Hall–Kier alpha value is -1.80. The lowest BCUT2D eigenvalue weighted by atomic mass is 10.0. The van der Waals surface area contributed by atoms with Crippen LogP contribution in [0.4, 0.5) is 0 Å². The maximum Gasteiger partial charge on any atom is 0.273 e. The summed E-state index contributed by atoms with van der Waals surface area (Å²) in [4.78, 5) is 31.3. The minimum absolute atomic E-state index is 0.0284. The molecule has 1 unspecified atom stereocenters. The van der Waals surface area contributed by atoms with Gasteiger partial charge in [0.05, 0.1) is 0 Å². The summed E-state index contributed by atoms with van der Waals surface area (Å²) in [7, 11) is 0. The average molecular weight is 364 g/mol. The van der Waals surface area contributed by atoms with Crippen LogP contribution < -0.4 is 5.56 Å². The molecule has 0 aliphatic carbocycles. The highest BCUT2D eigenvalue weighted by Gasteiger charge is 2.22. The van der Waals surface area contributed by atoms with E-state index in [9.17, 15) is 9.59 Å². The topological polar surface area (TPSA) is 60.1 Å². The van der Waals surface area contributed by atoms with E-state index in [0.717, 1.165) is 25.9 Å². The molecule has 0 radical (unpaired) electrons. The fraction of sp³-hybridized carbons (Fsp3) is 0.500. The van der Waals surface area contributed by atoms with Crippen LogP contribution >= 0.6 is 23.6 Å². The third-order valence-electron chi connectivity index (χ3n) is 4.27. The molecule has 0 bridgehead atoms. The van der Waals surface area contributed by atoms with E-state index < -0.39 is 0 Å². The average Bonchev–Trinajstić information content (AvgIpc) is 2.87. The van der Waals surface area contributed by atoms with Gasteiger partial charge in [0, 0.05) is 19.6 Å². The van der Waals surface area contributed by atoms with Crippen molar-refractivity contribution in [3.63, 3.8) is 0 Å². The van der Waals surface area contributed by atoms with Crippen molar-refractivity contribution in [3.05, 3.63) is 33.3 Å². The van der Waals surface area contributed by atoms with Gasteiger partial charge in [-0.1, -0.05) is 24.3 Å². The van der Waals surface area contributed by atoms with Crippen molar-refractivity contribution in [2.24, 2.45) is 5.92 Å². The Morgan fingerprint density at radius 2 is 2.38 bits per heavy atom. The van der Waals surface area contributed by atoms with Gasteiger partial charge < -0.3 is 9.47 Å². The van der Waals surface area contributed by atoms with E-state index in [1.807, 2.05) is 4.90 Å². The fourth-order valence-corrected chi connectivity index (χ4v) is 4.35. The van der Waals surface area contributed by atoms with Gasteiger partial charge in [0.2, 0.25) is 5.91 Å². The van der Waals surface area contributed by atoms with Crippen molar-refractivity contribution >= 4 is 39.8 Å². The molecule has 1 aliphatic heterocycles. The molecule has 1 fully saturated rings. The van der Waals surface area contributed by atoms with Crippen LogP contribution in [-0.4, -0.2) is 38.0 Å². The third-order valence-corrected chi connectivity index (χ3v) is 5.70. The maximum atomic E-state index is 12.7. The van der Waals surface area contributed by atoms with Gasteiger partial charge >= 0.3 is 0 Å². The molecule has 2 aromatic rings. The molecule has 6 nitrogen and oxygen atoms in total. The van der Waals surface area contributed by atoms with Crippen molar-refractivity contribution in [2.75, 3.05) is 13.1 Å². The Balaban J connectivity index is 1.89. The van der Waals surface area contributed by atoms with Crippen LogP contribution in [0.25, 0.3) is 10.3 Å². The molecule has 2 aromatic heterocycles. The van der Waals surface area contributed by atoms with Crippen molar-refractivity contribution in [2.45, 2.75) is 32.9 Å². The number of nitrogens with zero attached hydrogens (tertiary/aromatic N) is 4. The summed E-state index contributed by atoms with van der Waals surface area (Å²) in [6.45, 7) is 7.91. The molecule has 1 amide bonds. The minimum Gasteiger partial charge on any atom is -0.341 e. The third kappa shape index (κ3) is 3.21. The van der Waals surface area contributed by atoms with Crippen LogP contribution in [-0.2, 0) is 17.9 Å². The molecule has 0 N–H and O–H groups in total. The number of piperidine rings is 1. The van der Waals surface area contributed by atoms with Gasteiger partial charge in [0.25, 0.3) is 5.56 Å². The van der Waals surface area contributed by atoms with E-state index in [1.165, 1.54) is 22.2 Å². The highest BCUT2D eigenvalue weighted by Crippen LogP contribution is 2.18. The number of allylic oxidation sites excluding steroid dienone is 1. The highest BCUT2D eigenvalue weighted by atomic mass is 32.1. The molecule has 0 saturated carbocycles. The summed E-state index contributed by atoms with van der Waals surface area (Å²) < 4.78 is 4.24. The van der Waals surface area contributed by atoms with Crippen molar-refractivity contribution in [1.82, 2.24) is 19.0 Å². The van der Waals surface area contributed by atoms with Crippen molar-refractivity contribution < 1.29 is 4.79 Å². The summed E-state index contributed by atoms with van der Waals surface area (Å²) in [6, 6.07) is 0. The van der Waals surface area contributed by atoms with Gasteiger partial charge in [-0.25, -0.2) is 4.98 Å². The zero-order valence-electron chi connectivity index (χ0n) is 13.6.